The maximum Gasteiger partial charge on any atom is -0.124 e. The average Bonchev–Trinajstić information content (AvgIpc) is 1.75. The summed E-state index contributed by atoms with van der Waals surface area (Å²) in [5.74, 6) is 0. The summed E-state index contributed by atoms with van der Waals surface area (Å²) in [6.45, 7) is 0. The van der Waals surface area contributed by atoms with E-state index in [0.29, 0.717) is 0 Å². The molecule has 1 heterocycles. The molecular formula is HN2O2-. The molecule has 0 fully saturated rings. The molecule has 0 amide bonds. The zero-order chi connectivity index (χ0) is 2.99. The summed E-state index contributed by atoms with van der Waals surface area (Å²) in [5.41, 5.74) is 0. The molecule has 0 radical (unpaired) electrons. The third kappa shape index (κ3) is 0.00992. The van der Waals surface area contributed by atoms with Crippen molar-refractivity contribution >= 4 is 0 Å². The monoisotopic (exact) mass is 61.0 g/mol. The number of hydrogen-bond donors (Lipinski definition) is 1. The molecule has 0 spiro atoms. The summed E-state index contributed by atoms with van der Waals surface area (Å²) in [6, 6.07) is 0. The first-order valence-corrected chi connectivity index (χ1v) is 0.793. The Morgan fingerprint density at radius 1 is 2.00 bits per heavy atom. The van der Waals surface area contributed by atoms with Gasteiger partial charge in [-0.05, 0) is 0 Å². The quantitative estimate of drug-likeness (QED) is 0.449. The van der Waals surface area contributed by atoms with Crippen LogP contribution in [0, 0.1) is 5.21 Å². The van der Waals surface area contributed by atoms with Gasteiger partial charge in [0.05, 0.1) is 0 Å². The van der Waals surface area contributed by atoms with Crippen molar-refractivity contribution in [2.75, 3.05) is 0 Å². The zero-order valence-corrected chi connectivity index (χ0v) is 1.76. The molecule has 0 unspecified atom stereocenters. The van der Waals surface area contributed by atoms with E-state index in [1.807, 2.05) is 5.27 Å². The Morgan fingerprint density at radius 2 is 2.25 bits per heavy atom. The summed E-state index contributed by atoms with van der Waals surface area (Å²) in [6.07, 6.45) is 0. The van der Waals surface area contributed by atoms with Gasteiger partial charge in [0.25, 0.3) is 0 Å². The molecule has 4 nitrogen and oxygen atoms in total. The predicted molar refractivity (Wildman–Crippen MR) is 9.81 cm³/mol. The van der Waals surface area contributed by atoms with Crippen LogP contribution in [0.2, 0.25) is 0 Å². The van der Waals surface area contributed by atoms with Crippen molar-refractivity contribution in [3.8, 4) is 0 Å². The minimum absolute atomic E-state index is 0.250. The first-order valence-electron chi connectivity index (χ1n) is 0.793. The predicted octanol–water partition coefficient (Wildman–Crippen LogP) is -0.245. The lowest BCUT2D eigenvalue weighted by Gasteiger charge is -1.62. The van der Waals surface area contributed by atoms with Gasteiger partial charge >= 0.3 is 0 Å². The lowest BCUT2D eigenvalue weighted by atomic mass is 13.0. The van der Waals surface area contributed by atoms with Crippen molar-refractivity contribution in [3.05, 3.63) is 5.21 Å². The molecule has 0 saturated carbocycles. The molecular weight excluding hydrogens is 60.0 g/mol. The number of hydrogen-bond acceptors (Lipinski definition) is 2. The van der Waals surface area contributed by atoms with Crippen molar-refractivity contribution in [2.45, 2.75) is 0 Å². The fourth-order valence-electron chi connectivity index (χ4n) is 0.0167. The van der Waals surface area contributed by atoms with E-state index in [2.05, 4.69) is 4.63 Å². The second-order valence-corrected chi connectivity index (χ2v) is 0.440. The van der Waals surface area contributed by atoms with E-state index in [-0.39, 0.29) is 5.02 Å². The van der Waals surface area contributed by atoms with Gasteiger partial charge in [-0.1, -0.05) is 0 Å². The summed E-state index contributed by atoms with van der Waals surface area (Å²) in [4.78, 5) is 0. The van der Waals surface area contributed by atoms with E-state index in [9.17, 15) is 0 Å². The number of H-pyrrole nitrogens is 1. The Bertz CT molecular complexity index is 62.6. The van der Waals surface area contributed by atoms with Crippen molar-refractivity contribution in [2.24, 2.45) is 0 Å². The molecule has 1 aromatic rings. The molecule has 1 rings (SSSR count). The van der Waals surface area contributed by atoms with Gasteiger partial charge in [-0.3, -0.25) is 0 Å². The lowest BCUT2D eigenvalue weighted by molar-refractivity contribution is 0.501. The van der Waals surface area contributed by atoms with Gasteiger partial charge in [0.1, 0.15) is 0 Å². The molecule has 0 aliphatic carbocycles. The van der Waals surface area contributed by atoms with Gasteiger partial charge in [0, 0.05) is 0 Å². The molecule has 0 atom stereocenters. The smallest absolute Gasteiger partial charge is 0.124 e. The molecule has 0 bridgehead atoms. The van der Waals surface area contributed by atoms with Crippen LogP contribution >= 0.6 is 0 Å². The molecule has 0 aliphatic rings. The van der Waals surface area contributed by atoms with Crippen LogP contribution in [0.4, 0.5) is 0 Å². The van der Waals surface area contributed by atoms with Crippen LogP contribution in [-0.2, 0) is 0 Å². The van der Waals surface area contributed by atoms with Crippen LogP contribution in [0.5, 0.6) is 0 Å². The normalized spacial score (nSPS) is 9.00. The molecule has 24 valence electrons. The third-order valence-electron chi connectivity index (χ3n) is 0.166. The SMILES string of the molecule is [O-]n1[nH]o1. The highest BCUT2D eigenvalue weighted by atomic mass is 16.9. The van der Waals surface area contributed by atoms with Gasteiger partial charge in [-0.25, -0.2) is 5.27 Å². The van der Waals surface area contributed by atoms with Gasteiger partial charge < -0.3 is 9.84 Å². The van der Waals surface area contributed by atoms with E-state index in [4.69, 9.17) is 5.21 Å². The minimum atomic E-state index is 0.250. The Morgan fingerprint density at radius 3 is 2.25 bits per heavy atom. The first kappa shape index (κ1) is 1.51. The second-order valence-electron chi connectivity index (χ2n) is 0.440. The van der Waals surface area contributed by atoms with Gasteiger partial charge in [0.2, 0.25) is 0 Å². The Labute approximate surface area is 21.5 Å². The van der Waals surface area contributed by atoms with E-state index < -0.39 is 0 Å². The molecule has 0 saturated heterocycles. The van der Waals surface area contributed by atoms with Crippen LogP contribution in [0.1, 0.15) is 0 Å². The van der Waals surface area contributed by atoms with Crippen LogP contribution in [0.15, 0.2) is 4.63 Å². The van der Waals surface area contributed by atoms with Gasteiger partial charge in [-0.2, -0.15) is 0 Å². The average molecular weight is 61.0 g/mol. The summed E-state index contributed by atoms with van der Waals surface area (Å²) in [7, 11) is 0. The van der Waals surface area contributed by atoms with Crippen LogP contribution in [0.25, 0.3) is 0 Å². The highest BCUT2D eigenvalue weighted by molar-refractivity contribution is 4.20. The highest BCUT2D eigenvalue weighted by Gasteiger charge is 1.59. The Balaban J connectivity index is 2.81. The van der Waals surface area contributed by atoms with Crippen LogP contribution in [-0.4, -0.2) is 10.3 Å². The minimum Gasteiger partial charge on any atom is -0.445 e. The van der Waals surface area contributed by atoms with E-state index in [1.54, 1.807) is 0 Å². The second kappa shape index (κ2) is 0.180. The topological polar surface area (TPSA) is 56.9 Å². The maximum atomic E-state index is 9.14. The van der Waals surface area contributed by atoms with Gasteiger partial charge in [0.15, 0.2) is 0 Å². The molecule has 0 aliphatic heterocycles. The molecule has 1 N–H and O–H groups in total. The van der Waals surface area contributed by atoms with Crippen molar-refractivity contribution < 1.29 is 4.63 Å². The van der Waals surface area contributed by atoms with Crippen molar-refractivity contribution in [3.63, 3.8) is 0 Å². The molecule has 1 aromatic heterocycles. The standard InChI is InChI=1S/HN2O2/c3-2-1-4-2/h1H/q-1. The molecule has 4 heteroatoms. The summed E-state index contributed by atoms with van der Waals surface area (Å²) < 4.78 is 3.74. The van der Waals surface area contributed by atoms with Crippen LogP contribution in [0.3, 0.4) is 0 Å². The fraction of sp³-hybridized carbons (Fsp3) is 0. The van der Waals surface area contributed by atoms with E-state index >= 15 is 0 Å². The number of nitrogens with zero attached hydrogens (tertiary/aromatic N) is 1. The fourth-order valence-corrected chi connectivity index (χ4v) is 0.0167. The number of rotatable bonds is 0. The summed E-state index contributed by atoms with van der Waals surface area (Å²) >= 11 is 0. The number of aromatic nitrogens is 2. The van der Waals surface area contributed by atoms with E-state index in [1.165, 1.54) is 0 Å². The first-order chi connectivity index (χ1) is 1.89. The highest BCUT2D eigenvalue weighted by Crippen LogP contribution is 1.70. The third-order valence-corrected chi connectivity index (χ3v) is 0.166. The number of aromatic amines is 1. The van der Waals surface area contributed by atoms with Gasteiger partial charge in [-0.15, -0.1) is 5.02 Å². The Hall–Kier alpha value is -0.800. The van der Waals surface area contributed by atoms with E-state index in [0.717, 1.165) is 0 Å². The van der Waals surface area contributed by atoms with Crippen molar-refractivity contribution in [1.82, 2.24) is 10.3 Å². The zero-order valence-electron chi connectivity index (χ0n) is 1.76. The summed E-state index contributed by atoms with van der Waals surface area (Å²) in [5, 5.41) is 11.3. The number of nitrogens with one attached hydrogen (secondary N) is 1. The van der Waals surface area contributed by atoms with Crippen molar-refractivity contribution in [1.29, 1.82) is 0 Å². The van der Waals surface area contributed by atoms with Crippen LogP contribution < -0.4 is 0 Å². The Kier molecular flexibility index (Phi) is 0.0679. The molecule has 0 aromatic carbocycles. The maximum absolute atomic E-state index is 9.14. The largest absolute Gasteiger partial charge is 0.445 e. The molecule has 4 heavy (non-hydrogen) atoms. The lowest BCUT2D eigenvalue weighted by Crippen LogP contribution is -1.56.